The fourth-order valence-electron chi connectivity index (χ4n) is 1.09. The highest BCUT2D eigenvalue weighted by atomic mass is 32.2. The fraction of sp³-hybridized carbons (Fsp3) is 0.125. The van der Waals surface area contributed by atoms with Crippen LogP contribution >= 0.6 is 11.8 Å². The van der Waals surface area contributed by atoms with Crippen molar-refractivity contribution in [3.63, 3.8) is 0 Å². The molecule has 0 aliphatic rings. The monoisotopic (exact) mass is 207 g/mol. The first-order valence-electron chi connectivity index (χ1n) is 3.98. The number of anilines is 1. The standard InChI is InChI=1S/C8H9N5S/c1-14-6-5-11-13(8(6)9)7-3-2-4-10-12-7/h2-5H,9H2,1H3. The van der Waals surface area contributed by atoms with Gasteiger partial charge in [-0.15, -0.1) is 16.9 Å². The second-order valence-corrected chi connectivity index (χ2v) is 3.44. The molecule has 2 heterocycles. The van der Waals surface area contributed by atoms with Gasteiger partial charge in [-0.3, -0.25) is 0 Å². The summed E-state index contributed by atoms with van der Waals surface area (Å²) in [6, 6.07) is 3.60. The van der Waals surface area contributed by atoms with Crippen LogP contribution in [-0.2, 0) is 0 Å². The van der Waals surface area contributed by atoms with Crippen LogP contribution in [0.25, 0.3) is 5.82 Å². The Hall–Kier alpha value is -1.56. The molecule has 0 bridgehead atoms. The van der Waals surface area contributed by atoms with E-state index in [1.807, 2.05) is 6.26 Å². The minimum Gasteiger partial charge on any atom is -0.383 e. The third kappa shape index (κ3) is 1.44. The molecular weight excluding hydrogens is 198 g/mol. The molecule has 0 unspecified atom stereocenters. The van der Waals surface area contributed by atoms with Gasteiger partial charge >= 0.3 is 0 Å². The average molecular weight is 207 g/mol. The van der Waals surface area contributed by atoms with Gasteiger partial charge < -0.3 is 5.73 Å². The van der Waals surface area contributed by atoms with Crippen LogP contribution in [0.15, 0.2) is 29.4 Å². The van der Waals surface area contributed by atoms with Crippen LogP contribution in [0.3, 0.4) is 0 Å². The SMILES string of the molecule is CSc1cnn(-c2cccnn2)c1N. The zero-order valence-electron chi connectivity index (χ0n) is 7.58. The summed E-state index contributed by atoms with van der Waals surface area (Å²) in [5.74, 6) is 1.23. The van der Waals surface area contributed by atoms with Crippen molar-refractivity contribution in [3.05, 3.63) is 24.5 Å². The van der Waals surface area contributed by atoms with Crippen molar-refractivity contribution < 1.29 is 0 Å². The summed E-state index contributed by atoms with van der Waals surface area (Å²) in [6.45, 7) is 0. The molecule has 0 saturated carbocycles. The first kappa shape index (κ1) is 9.01. The van der Waals surface area contributed by atoms with E-state index in [0.29, 0.717) is 11.6 Å². The average Bonchev–Trinajstić information content (AvgIpc) is 2.61. The Balaban J connectivity index is 2.48. The van der Waals surface area contributed by atoms with Crippen molar-refractivity contribution in [2.45, 2.75) is 4.90 Å². The van der Waals surface area contributed by atoms with Crippen molar-refractivity contribution in [1.29, 1.82) is 0 Å². The zero-order valence-corrected chi connectivity index (χ0v) is 8.40. The molecule has 0 atom stereocenters. The number of thioether (sulfide) groups is 1. The molecule has 2 aromatic heterocycles. The number of hydrogen-bond donors (Lipinski definition) is 1. The number of hydrogen-bond acceptors (Lipinski definition) is 5. The predicted octanol–water partition coefficient (Wildman–Crippen LogP) is 0.966. The third-order valence-corrected chi connectivity index (χ3v) is 2.52. The van der Waals surface area contributed by atoms with Gasteiger partial charge in [0.2, 0.25) is 0 Å². The Kier molecular flexibility index (Phi) is 2.36. The minimum atomic E-state index is 0.595. The van der Waals surface area contributed by atoms with E-state index in [2.05, 4.69) is 15.3 Å². The van der Waals surface area contributed by atoms with Gasteiger partial charge in [0, 0.05) is 6.20 Å². The number of nitrogens with two attached hydrogens (primary N) is 1. The number of nitrogens with zero attached hydrogens (tertiary/aromatic N) is 4. The summed E-state index contributed by atoms with van der Waals surface area (Å²) in [5, 5.41) is 11.8. The van der Waals surface area contributed by atoms with Gasteiger partial charge in [0.1, 0.15) is 5.82 Å². The molecule has 72 valence electrons. The molecule has 5 nitrogen and oxygen atoms in total. The quantitative estimate of drug-likeness (QED) is 0.743. The van der Waals surface area contributed by atoms with E-state index in [1.54, 1.807) is 41.0 Å². The van der Waals surface area contributed by atoms with Crippen LogP contribution in [0.2, 0.25) is 0 Å². The first-order chi connectivity index (χ1) is 6.83. The molecular formula is C8H9N5S. The number of rotatable bonds is 2. The van der Waals surface area contributed by atoms with Gasteiger partial charge in [-0.1, -0.05) is 0 Å². The molecule has 0 radical (unpaired) electrons. The minimum absolute atomic E-state index is 0.595. The molecule has 2 rings (SSSR count). The van der Waals surface area contributed by atoms with Gasteiger partial charge in [-0.05, 0) is 18.4 Å². The maximum atomic E-state index is 5.86. The first-order valence-corrected chi connectivity index (χ1v) is 5.21. The molecule has 2 N–H and O–H groups in total. The molecule has 2 aromatic rings. The summed E-state index contributed by atoms with van der Waals surface area (Å²) in [6.07, 6.45) is 5.28. The molecule has 0 fully saturated rings. The Morgan fingerprint density at radius 3 is 2.93 bits per heavy atom. The predicted molar refractivity (Wildman–Crippen MR) is 55.3 cm³/mol. The number of nitrogen functional groups attached to an aromatic ring is 1. The highest BCUT2D eigenvalue weighted by Crippen LogP contribution is 2.23. The fourth-order valence-corrected chi connectivity index (χ4v) is 1.54. The molecule has 0 amide bonds. The molecule has 0 saturated heterocycles. The molecule has 0 aromatic carbocycles. The van der Waals surface area contributed by atoms with E-state index in [4.69, 9.17) is 5.73 Å². The summed E-state index contributed by atoms with van der Waals surface area (Å²) in [4.78, 5) is 0.940. The van der Waals surface area contributed by atoms with Gasteiger partial charge in [0.15, 0.2) is 5.82 Å². The molecule has 0 spiro atoms. The Morgan fingerprint density at radius 2 is 2.36 bits per heavy atom. The molecule has 14 heavy (non-hydrogen) atoms. The van der Waals surface area contributed by atoms with E-state index < -0.39 is 0 Å². The summed E-state index contributed by atoms with van der Waals surface area (Å²) in [7, 11) is 0. The van der Waals surface area contributed by atoms with Gasteiger partial charge in [0.25, 0.3) is 0 Å². The highest BCUT2D eigenvalue weighted by Gasteiger charge is 2.08. The highest BCUT2D eigenvalue weighted by molar-refractivity contribution is 7.98. The lowest BCUT2D eigenvalue weighted by Gasteiger charge is -2.01. The molecule has 0 aliphatic carbocycles. The third-order valence-electron chi connectivity index (χ3n) is 1.77. The summed E-state index contributed by atoms with van der Waals surface area (Å²) >= 11 is 1.55. The second-order valence-electron chi connectivity index (χ2n) is 2.59. The summed E-state index contributed by atoms with van der Waals surface area (Å²) < 4.78 is 1.57. The van der Waals surface area contributed by atoms with Crippen LogP contribution in [-0.4, -0.2) is 26.2 Å². The Labute approximate surface area is 85.3 Å². The number of aromatic nitrogens is 4. The van der Waals surface area contributed by atoms with Crippen LogP contribution in [0.4, 0.5) is 5.82 Å². The van der Waals surface area contributed by atoms with Gasteiger partial charge in [0.05, 0.1) is 11.1 Å². The van der Waals surface area contributed by atoms with E-state index in [9.17, 15) is 0 Å². The largest absolute Gasteiger partial charge is 0.383 e. The Morgan fingerprint density at radius 1 is 1.50 bits per heavy atom. The normalized spacial score (nSPS) is 10.4. The van der Waals surface area contributed by atoms with E-state index in [-0.39, 0.29) is 0 Å². The maximum absolute atomic E-state index is 5.86. The molecule has 0 aliphatic heterocycles. The van der Waals surface area contributed by atoms with Crippen molar-refractivity contribution in [1.82, 2.24) is 20.0 Å². The van der Waals surface area contributed by atoms with Gasteiger partial charge in [-0.25, -0.2) is 0 Å². The van der Waals surface area contributed by atoms with Crippen LogP contribution < -0.4 is 5.73 Å². The van der Waals surface area contributed by atoms with Crippen LogP contribution in [0.5, 0.6) is 0 Å². The van der Waals surface area contributed by atoms with Crippen molar-refractivity contribution >= 4 is 17.6 Å². The Bertz CT molecular complexity index is 425. The lowest BCUT2D eigenvalue weighted by molar-refractivity contribution is 0.822. The van der Waals surface area contributed by atoms with Crippen LogP contribution in [0, 0.1) is 0 Å². The lowest BCUT2D eigenvalue weighted by Crippen LogP contribution is -2.04. The van der Waals surface area contributed by atoms with E-state index in [0.717, 1.165) is 4.90 Å². The zero-order chi connectivity index (χ0) is 9.97. The smallest absolute Gasteiger partial charge is 0.178 e. The van der Waals surface area contributed by atoms with Crippen molar-refractivity contribution in [3.8, 4) is 5.82 Å². The topological polar surface area (TPSA) is 69.6 Å². The van der Waals surface area contributed by atoms with Gasteiger partial charge in [-0.2, -0.15) is 14.9 Å². The molecule has 6 heteroatoms. The van der Waals surface area contributed by atoms with E-state index in [1.165, 1.54) is 0 Å². The summed E-state index contributed by atoms with van der Waals surface area (Å²) in [5.41, 5.74) is 5.86. The van der Waals surface area contributed by atoms with Crippen molar-refractivity contribution in [2.75, 3.05) is 12.0 Å². The second kappa shape index (κ2) is 3.67. The van der Waals surface area contributed by atoms with Crippen molar-refractivity contribution in [2.24, 2.45) is 0 Å². The maximum Gasteiger partial charge on any atom is 0.178 e. The van der Waals surface area contributed by atoms with Crippen LogP contribution in [0.1, 0.15) is 0 Å². The van der Waals surface area contributed by atoms with E-state index >= 15 is 0 Å². The lowest BCUT2D eigenvalue weighted by atomic mass is 10.5.